The molecule has 3 heteroatoms. The second-order valence-corrected chi connectivity index (χ2v) is 7.28. The molecule has 0 amide bonds. The van der Waals surface area contributed by atoms with Crippen LogP contribution in [0.2, 0.25) is 0 Å². The predicted octanol–water partition coefficient (Wildman–Crippen LogP) is 5.51. The van der Waals surface area contributed by atoms with E-state index in [0.717, 1.165) is 31.6 Å². The highest BCUT2D eigenvalue weighted by Gasteiger charge is 2.47. The minimum absolute atomic E-state index is 0.274. The lowest BCUT2D eigenvalue weighted by Gasteiger charge is -2.27. The SMILES string of the molecule is CCC=CCCCC[C@@H]1[C@H](C/C=C\CCCC(=O)O)[C@@H]2CC[C@H]1O2. The number of allylic oxidation sites excluding steroid dienone is 4. The molecular weight excluding hydrogens is 300 g/mol. The number of rotatable bonds is 12. The molecule has 1 N–H and O–H groups in total. The molecule has 0 aromatic heterocycles. The second-order valence-electron chi connectivity index (χ2n) is 7.28. The number of ether oxygens (including phenoxy) is 1. The summed E-state index contributed by atoms with van der Waals surface area (Å²) in [6, 6.07) is 0. The first-order valence-electron chi connectivity index (χ1n) is 9.89. The molecular formula is C21H34O3. The smallest absolute Gasteiger partial charge is 0.303 e. The summed E-state index contributed by atoms with van der Waals surface area (Å²) in [6.07, 6.45) is 21.7. The zero-order chi connectivity index (χ0) is 17.2. The molecule has 0 radical (unpaired) electrons. The molecule has 2 fully saturated rings. The number of unbranched alkanes of at least 4 members (excludes halogenated alkanes) is 3. The van der Waals surface area contributed by atoms with Gasteiger partial charge in [0.25, 0.3) is 0 Å². The molecule has 3 nitrogen and oxygen atoms in total. The summed E-state index contributed by atoms with van der Waals surface area (Å²) >= 11 is 0. The van der Waals surface area contributed by atoms with Crippen molar-refractivity contribution in [2.45, 2.75) is 89.8 Å². The number of carbonyl (C=O) groups is 1. The Morgan fingerprint density at radius 3 is 2.46 bits per heavy atom. The molecule has 136 valence electrons. The Morgan fingerprint density at radius 1 is 1.00 bits per heavy atom. The van der Waals surface area contributed by atoms with Gasteiger partial charge in [-0.2, -0.15) is 0 Å². The molecule has 2 heterocycles. The van der Waals surface area contributed by atoms with Gasteiger partial charge in [-0.05, 0) is 69.6 Å². The molecule has 0 unspecified atom stereocenters. The van der Waals surface area contributed by atoms with Gasteiger partial charge in [-0.25, -0.2) is 0 Å². The summed E-state index contributed by atoms with van der Waals surface area (Å²) in [6.45, 7) is 2.18. The van der Waals surface area contributed by atoms with E-state index in [9.17, 15) is 4.79 Å². The normalized spacial score (nSPS) is 29.2. The number of hydrogen-bond acceptors (Lipinski definition) is 2. The molecule has 2 rings (SSSR count). The van der Waals surface area contributed by atoms with Gasteiger partial charge in [-0.15, -0.1) is 0 Å². The Balaban J connectivity index is 1.68. The number of hydrogen-bond donors (Lipinski definition) is 1. The third kappa shape index (κ3) is 6.08. The van der Waals surface area contributed by atoms with Gasteiger partial charge in [0.05, 0.1) is 12.2 Å². The summed E-state index contributed by atoms with van der Waals surface area (Å²) < 4.78 is 6.18. The van der Waals surface area contributed by atoms with E-state index in [-0.39, 0.29) is 6.42 Å². The van der Waals surface area contributed by atoms with Crippen molar-refractivity contribution >= 4 is 5.97 Å². The van der Waals surface area contributed by atoms with Crippen molar-refractivity contribution in [2.75, 3.05) is 0 Å². The summed E-state index contributed by atoms with van der Waals surface area (Å²) in [5, 5.41) is 8.65. The van der Waals surface area contributed by atoms with E-state index in [1.165, 1.54) is 38.5 Å². The van der Waals surface area contributed by atoms with Crippen LogP contribution in [0.5, 0.6) is 0 Å². The highest BCUT2D eigenvalue weighted by Crippen LogP contribution is 2.47. The number of carboxylic acid groups (broad SMARTS) is 1. The van der Waals surface area contributed by atoms with Gasteiger partial charge in [0.2, 0.25) is 0 Å². The van der Waals surface area contributed by atoms with E-state index >= 15 is 0 Å². The highest BCUT2D eigenvalue weighted by molar-refractivity contribution is 5.66. The Bertz CT molecular complexity index is 427. The van der Waals surface area contributed by atoms with Crippen LogP contribution in [0.3, 0.4) is 0 Å². The van der Waals surface area contributed by atoms with Crippen LogP contribution in [0.1, 0.15) is 77.6 Å². The first-order chi connectivity index (χ1) is 11.7. The maximum atomic E-state index is 10.5. The number of carboxylic acids is 1. The third-order valence-corrected chi connectivity index (χ3v) is 5.49. The van der Waals surface area contributed by atoms with E-state index in [2.05, 4.69) is 31.2 Å². The van der Waals surface area contributed by atoms with Gasteiger partial charge in [0, 0.05) is 6.42 Å². The minimum atomic E-state index is -0.696. The molecule has 0 saturated carbocycles. The fourth-order valence-corrected chi connectivity index (χ4v) is 4.27. The van der Waals surface area contributed by atoms with E-state index in [1.807, 2.05) is 0 Å². The van der Waals surface area contributed by atoms with Crippen LogP contribution < -0.4 is 0 Å². The second kappa shape index (κ2) is 10.7. The summed E-state index contributed by atoms with van der Waals surface area (Å²) in [5.74, 6) is 0.729. The van der Waals surface area contributed by atoms with Crippen LogP contribution in [-0.2, 0) is 9.53 Å². The van der Waals surface area contributed by atoms with Crippen LogP contribution in [0, 0.1) is 11.8 Å². The van der Waals surface area contributed by atoms with Crippen molar-refractivity contribution in [1.29, 1.82) is 0 Å². The average molecular weight is 335 g/mol. The molecule has 0 aromatic rings. The maximum Gasteiger partial charge on any atom is 0.303 e. The Morgan fingerprint density at radius 2 is 1.71 bits per heavy atom. The van der Waals surface area contributed by atoms with Crippen LogP contribution in [-0.4, -0.2) is 23.3 Å². The first kappa shape index (κ1) is 19.2. The zero-order valence-electron chi connectivity index (χ0n) is 15.2. The molecule has 0 spiro atoms. The maximum absolute atomic E-state index is 10.5. The summed E-state index contributed by atoms with van der Waals surface area (Å²) in [4.78, 5) is 10.5. The van der Waals surface area contributed by atoms with Gasteiger partial charge >= 0.3 is 5.97 Å². The van der Waals surface area contributed by atoms with E-state index in [0.29, 0.717) is 18.1 Å². The molecule has 24 heavy (non-hydrogen) atoms. The molecule has 2 aliphatic rings. The van der Waals surface area contributed by atoms with Crippen molar-refractivity contribution < 1.29 is 14.6 Å². The lowest BCUT2D eigenvalue weighted by atomic mass is 9.75. The van der Waals surface area contributed by atoms with Crippen LogP contribution in [0.25, 0.3) is 0 Å². The van der Waals surface area contributed by atoms with Crippen molar-refractivity contribution in [2.24, 2.45) is 11.8 Å². The molecule has 2 saturated heterocycles. The number of fused-ring (bicyclic) bond motifs is 2. The van der Waals surface area contributed by atoms with Gasteiger partial charge < -0.3 is 9.84 Å². The molecule has 4 atom stereocenters. The van der Waals surface area contributed by atoms with Crippen molar-refractivity contribution in [3.05, 3.63) is 24.3 Å². The summed E-state index contributed by atoms with van der Waals surface area (Å²) in [7, 11) is 0. The molecule has 0 aromatic carbocycles. The first-order valence-corrected chi connectivity index (χ1v) is 9.89. The third-order valence-electron chi connectivity index (χ3n) is 5.49. The van der Waals surface area contributed by atoms with Gasteiger partial charge in [-0.3, -0.25) is 4.79 Å². The molecule has 2 bridgehead atoms. The van der Waals surface area contributed by atoms with Crippen molar-refractivity contribution in [3.63, 3.8) is 0 Å². The standard InChI is InChI=1S/C21H34O3/c1-2-3-4-5-6-9-12-17-18(20-16-15-19(17)24-20)13-10-7-8-11-14-21(22)23/h3-4,7,10,17-20H,2,5-6,8-9,11-16H2,1H3,(H,22,23)/b4-3?,10-7-/t17-,18+,19-,20+/m1/s1. The van der Waals surface area contributed by atoms with Gasteiger partial charge in [0.1, 0.15) is 0 Å². The van der Waals surface area contributed by atoms with Gasteiger partial charge in [-0.1, -0.05) is 37.6 Å². The average Bonchev–Trinajstić information content (AvgIpc) is 3.15. The lowest BCUT2D eigenvalue weighted by Crippen LogP contribution is -2.26. The van der Waals surface area contributed by atoms with Crippen LogP contribution >= 0.6 is 0 Å². The zero-order valence-corrected chi connectivity index (χ0v) is 15.2. The Labute approximate surface area is 147 Å². The van der Waals surface area contributed by atoms with E-state index in [1.54, 1.807) is 0 Å². The van der Waals surface area contributed by atoms with Crippen LogP contribution in [0.15, 0.2) is 24.3 Å². The monoisotopic (exact) mass is 334 g/mol. The topological polar surface area (TPSA) is 46.5 Å². The Hall–Kier alpha value is -1.09. The molecule has 0 aliphatic carbocycles. The predicted molar refractivity (Wildman–Crippen MR) is 98.0 cm³/mol. The fraction of sp³-hybridized carbons (Fsp3) is 0.762. The lowest BCUT2D eigenvalue weighted by molar-refractivity contribution is -0.137. The largest absolute Gasteiger partial charge is 0.481 e. The molecule has 2 aliphatic heterocycles. The quantitative estimate of drug-likeness (QED) is 0.378. The van der Waals surface area contributed by atoms with E-state index < -0.39 is 5.97 Å². The van der Waals surface area contributed by atoms with Crippen molar-refractivity contribution in [3.8, 4) is 0 Å². The fourth-order valence-electron chi connectivity index (χ4n) is 4.27. The van der Waals surface area contributed by atoms with Gasteiger partial charge in [0.15, 0.2) is 0 Å². The Kier molecular flexibility index (Phi) is 8.58. The summed E-state index contributed by atoms with van der Waals surface area (Å²) in [5.41, 5.74) is 0. The van der Waals surface area contributed by atoms with Crippen LogP contribution in [0.4, 0.5) is 0 Å². The highest BCUT2D eigenvalue weighted by atomic mass is 16.5. The van der Waals surface area contributed by atoms with E-state index in [4.69, 9.17) is 9.84 Å². The van der Waals surface area contributed by atoms with Crippen molar-refractivity contribution in [1.82, 2.24) is 0 Å². The minimum Gasteiger partial charge on any atom is -0.481 e. The number of aliphatic carboxylic acids is 1.